The summed E-state index contributed by atoms with van der Waals surface area (Å²) in [6.07, 6.45) is 0.202. The number of ether oxygens (including phenoxy) is 1. The van der Waals surface area contributed by atoms with E-state index in [1.807, 2.05) is 0 Å². The molecule has 0 unspecified atom stereocenters. The summed E-state index contributed by atoms with van der Waals surface area (Å²) in [4.78, 5) is 0. The summed E-state index contributed by atoms with van der Waals surface area (Å²) in [5.74, 6) is 0.973. The van der Waals surface area contributed by atoms with Gasteiger partial charge in [0.1, 0.15) is 5.75 Å². The Morgan fingerprint density at radius 3 is 2.44 bits per heavy atom. The van der Waals surface area contributed by atoms with E-state index >= 15 is 0 Å². The first-order valence-corrected chi connectivity index (χ1v) is 6.60. The fourth-order valence-corrected chi connectivity index (χ4v) is 2.10. The van der Waals surface area contributed by atoms with Crippen LogP contribution in [0.4, 0.5) is 0 Å². The summed E-state index contributed by atoms with van der Waals surface area (Å²) in [5.41, 5.74) is 1.32. The molecule has 2 heteroatoms. The Morgan fingerprint density at radius 1 is 1.06 bits per heavy atom. The van der Waals surface area contributed by atoms with Crippen molar-refractivity contribution >= 4 is 10.8 Å². The van der Waals surface area contributed by atoms with E-state index in [1.165, 1.54) is 16.3 Å². The topological polar surface area (TPSA) is 21.3 Å². The summed E-state index contributed by atoms with van der Waals surface area (Å²) in [6.45, 7) is 8.12. The number of fused-ring (bicyclic) bond motifs is 1. The van der Waals surface area contributed by atoms with Crippen molar-refractivity contribution in [3.8, 4) is 5.75 Å². The number of rotatable bonds is 5. The maximum Gasteiger partial charge on any atom is 0.127 e. The van der Waals surface area contributed by atoms with Crippen LogP contribution in [-0.2, 0) is 6.54 Å². The van der Waals surface area contributed by atoms with Crippen molar-refractivity contribution in [2.45, 2.75) is 33.4 Å². The van der Waals surface area contributed by atoms with Gasteiger partial charge in [0.15, 0.2) is 0 Å². The average Bonchev–Trinajstić information content (AvgIpc) is 2.37. The standard InChI is InChI=1S/C16H21NO/c1-4-17-11-13-9-10-16(18-12(2)3)15-8-6-5-7-14(13)15/h5-10,12,17H,4,11H2,1-3H3. The van der Waals surface area contributed by atoms with E-state index in [0.717, 1.165) is 18.8 Å². The zero-order valence-corrected chi connectivity index (χ0v) is 11.4. The van der Waals surface area contributed by atoms with Crippen LogP contribution in [0.2, 0.25) is 0 Å². The van der Waals surface area contributed by atoms with Gasteiger partial charge in [-0.15, -0.1) is 0 Å². The van der Waals surface area contributed by atoms with Crippen LogP contribution in [0.1, 0.15) is 26.3 Å². The van der Waals surface area contributed by atoms with Crippen LogP contribution < -0.4 is 10.1 Å². The minimum absolute atomic E-state index is 0.202. The van der Waals surface area contributed by atoms with Crippen molar-refractivity contribution in [2.24, 2.45) is 0 Å². The second-order valence-corrected chi connectivity index (χ2v) is 4.72. The second-order valence-electron chi connectivity index (χ2n) is 4.72. The highest BCUT2D eigenvalue weighted by molar-refractivity contribution is 5.91. The lowest BCUT2D eigenvalue weighted by atomic mass is 10.0. The molecule has 0 amide bonds. The molecule has 18 heavy (non-hydrogen) atoms. The van der Waals surface area contributed by atoms with Crippen LogP contribution >= 0.6 is 0 Å². The van der Waals surface area contributed by atoms with Gasteiger partial charge < -0.3 is 10.1 Å². The summed E-state index contributed by atoms with van der Waals surface area (Å²) in [5, 5.41) is 5.85. The molecule has 0 aliphatic carbocycles. The normalized spacial score (nSPS) is 11.1. The molecule has 96 valence electrons. The van der Waals surface area contributed by atoms with E-state index in [4.69, 9.17) is 4.74 Å². The minimum Gasteiger partial charge on any atom is -0.490 e. The molecular formula is C16H21NO. The van der Waals surface area contributed by atoms with Crippen molar-refractivity contribution in [3.63, 3.8) is 0 Å². The Hall–Kier alpha value is -1.54. The van der Waals surface area contributed by atoms with Gasteiger partial charge in [-0.05, 0) is 37.4 Å². The number of nitrogens with one attached hydrogen (secondary N) is 1. The number of benzene rings is 2. The molecule has 0 radical (unpaired) electrons. The molecule has 2 aromatic carbocycles. The fraction of sp³-hybridized carbons (Fsp3) is 0.375. The largest absolute Gasteiger partial charge is 0.490 e. The highest BCUT2D eigenvalue weighted by Gasteiger charge is 2.07. The zero-order valence-electron chi connectivity index (χ0n) is 11.4. The summed E-state index contributed by atoms with van der Waals surface area (Å²) < 4.78 is 5.87. The first-order valence-electron chi connectivity index (χ1n) is 6.60. The van der Waals surface area contributed by atoms with Gasteiger partial charge in [-0.2, -0.15) is 0 Å². The Balaban J connectivity index is 2.44. The van der Waals surface area contributed by atoms with Crippen molar-refractivity contribution in [3.05, 3.63) is 42.0 Å². The lowest BCUT2D eigenvalue weighted by Gasteiger charge is -2.15. The van der Waals surface area contributed by atoms with Crippen molar-refractivity contribution in [2.75, 3.05) is 6.54 Å². The monoisotopic (exact) mass is 243 g/mol. The quantitative estimate of drug-likeness (QED) is 0.863. The Morgan fingerprint density at radius 2 is 1.78 bits per heavy atom. The minimum atomic E-state index is 0.202. The summed E-state index contributed by atoms with van der Waals surface area (Å²) in [6, 6.07) is 12.7. The molecule has 0 bridgehead atoms. The van der Waals surface area contributed by atoms with Gasteiger partial charge in [-0.25, -0.2) is 0 Å². The Labute approximate surface area is 109 Å². The second kappa shape index (κ2) is 5.87. The molecule has 0 aromatic heterocycles. The highest BCUT2D eigenvalue weighted by Crippen LogP contribution is 2.29. The van der Waals surface area contributed by atoms with E-state index in [-0.39, 0.29) is 6.10 Å². The van der Waals surface area contributed by atoms with Gasteiger partial charge >= 0.3 is 0 Å². The fourth-order valence-electron chi connectivity index (χ4n) is 2.10. The third kappa shape index (κ3) is 2.82. The highest BCUT2D eigenvalue weighted by atomic mass is 16.5. The molecule has 0 fully saturated rings. The van der Waals surface area contributed by atoms with Crippen LogP contribution in [0.5, 0.6) is 5.75 Å². The van der Waals surface area contributed by atoms with E-state index in [2.05, 4.69) is 62.5 Å². The predicted molar refractivity (Wildman–Crippen MR) is 77.1 cm³/mol. The van der Waals surface area contributed by atoms with Crippen molar-refractivity contribution in [1.82, 2.24) is 5.32 Å². The molecule has 1 N–H and O–H groups in total. The smallest absolute Gasteiger partial charge is 0.127 e. The molecule has 0 atom stereocenters. The third-order valence-corrected chi connectivity index (χ3v) is 2.90. The molecular weight excluding hydrogens is 222 g/mol. The van der Waals surface area contributed by atoms with Crippen LogP contribution in [0, 0.1) is 0 Å². The Kier molecular flexibility index (Phi) is 4.21. The SMILES string of the molecule is CCNCc1ccc(OC(C)C)c2ccccc12. The summed E-state index contributed by atoms with van der Waals surface area (Å²) >= 11 is 0. The lowest BCUT2D eigenvalue weighted by molar-refractivity contribution is 0.245. The molecule has 0 aliphatic rings. The molecule has 0 spiro atoms. The van der Waals surface area contributed by atoms with Gasteiger partial charge in [0, 0.05) is 11.9 Å². The zero-order chi connectivity index (χ0) is 13.0. The van der Waals surface area contributed by atoms with E-state index in [1.54, 1.807) is 0 Å². The Bertz CT molecular complexity index is 519. The predicted octanol–water partition coefficient (Wildman–Crippen LogP) is 3.74. The lowest BCUT2D eigenvalue weighted by Crippen LogP contribution is -2.12. The molecule has 0 heterocycles. The first kappa shape index (κ1) is 12.9. The van der Waals surface area contributed by atoms with Gasteiger partial charge in [0.2, 0.25) is 0 Å². The molecule has 0 saturated heterocycles. The molecule has 0 saturated carbocycles. The van der Waals surface area contributed by atoms with E-state index < -0.39 is 0 Å². The van der Waals surface area contributed by atoms with Crippen LogP contribution in [0.15, 0.2) is 36.4 Å². The summed E-state index contributed by atoms with van der Waals surface area (Å²) in [7, 11) is 0. The van der Waals surface area contributed by atoms with Crippen molar-refractivity contribution < 1.29 is 4.74 Å². The molecule has 2 rings (SSSR count). The van der Waals surface area contributed by atoms with Gasteiger partial charge in [0.05, 0.1) is 6.10 Å². The molecule has 2 aromatic rings. The maximum atomic E-state index is 5.87. The van der Waals surface area contributed by atoms with E-state index in [0.29, 0.717) is 0 Å². The average molecular weight is 243 g/mol. The van der Waals surface area contributed by atoms with Gasteiger partial charge in [-0.1, -0.05) is 37.3 Å². The molecule has 2 nitrogen and oxygen atoms in total. The maximum absolute atomic E-state index is 5.87. The third-order valence-electron chi connectivity index (χ3n) is 2.90. The first-order chi connectivity index (χ1) is 8.72. The van der Waals surface area contributed by atoms with Crippen LogP contribution in [0.25, 0.3) is 10.8 Å². The van der Waals surface area contributed by atoms with Crippen LogP contribution in [0.3, 0.4) is 0 Å². The van der Waals surface area contributed by atoms with E-state index in [9.17, 15) is 0 Å². The van der Waals surface area contributed by atoms with Gasteiger partial charge in [-0.3, -0.25) is 0 Å². The molecule has 0 aliphatic heterocycles. The number of hydrogen-bond donors (Lipinski definition) is 1. The van der Waals surface area contributed by atoms with Crippen LogP contribution in [-0.4, -0.2) is 12.6 Å². The van der Waals surface area contributed by atoms with Gasteiger partial charge in [0.25, 0.3) is 0 Å². The number of hydrogen-bond acceptors (Lipinski definition) is 2. The van der Waals surface area contributed by atoms with Crippen molar-refractivity contribution in [1.29, 1.82) is 0 Å².